The number of benzene rings is 1. The summed E-state index contributed by atoms with van der Waals surface area (Å²) in [4.78, 5) is 14.1. The number of hydrogen-bond acceptors (Lipinski definition) is 2. The van der Waals surface area contributed by atoms with E-state index >= 15 is 0 Å². The Labute approximate surface area is 102 Å². The number of methoxy groups -OCH3 is 1. The molecule has 3 heteroatoms. The quantitative estimate of drug-likeness (QED) is 0.794. The maximum absolute atomic E-state index is 12.2. The molecule has 92 valence electrons. The first-order valence-electron chi connectivity index (χ1n) is 6.17. The van der Waals surface area contributed by atoms with Gasteiger partial charge in [-0.15, -0.1) is 0 Å². The van der Waals surface area contributed by atoms with E-state index in [-0.39, 0.29) is 12.0 Å². The molecule has 1 amide bonds. The zero-order valence-corrected chi connectivity index (χ0v) is 10.3. The SMILES string of the molecule is COC(Cc1ccccc1)C(=O)N1CCCC1. The Hall–Kier alpha value is -1.35. The minimum atomic E-state index is -0.338. The van der Waals surface area contributed by atoms with Gasteiger partial charge in [0.15, 0.2) is 0 Å². The number of rotatable bonds is 4. The first-order chi connectivity index (χ1) is 8.31. The van der Waals surface area contributed by atoms with Crippen molar-refractivity contribution in [1.82, 2.24) is 4.90 Å². The zero-order chi connectivity index (χ0) is 12.1. The van der Waals surface area contributed by atoms with Crippen molar-refractivity contribution in [2.75, 3.05) is 20.2 Å². The molecule has 1 aromatic rings. The van der Waals surface area contributed by atoms with E-state index in [0.29, 0.717) is 6.42 Å². The minimum absolute atomic E-state index is 0.133. The summed E-state index contributed by atoms with van der Waals surface area (Å²) in [7, 11) is 1.61. The lowest BCUT2D eigenvalue weighted by Gasteiger charge is -2.22. The third-order valence-corrected chi connectivity index (χ3v) is 3.24. The third-order valence-electron chi connectivity index (χ3n) is 3.24. The van der Waals surface area contributed by atoms with Gasteiger partial charge < -0.3 is 9.64 Å². The zero-order valence-electron chi connectivity index (χ0n) is 10.3. The van der Waals surface area contributed by atoms with Crippen molar-refractivity contribution in [1.29, 1.82) is 0 Å². The topological polar surface area (TPSA) is 29.5 Å². The van der Waals surface area contributed by atoms with Crippen LogP contribution in [0.5, 0.6) is 0 Å². The van der Waals surface area contributed by atoms with Crippen LogP contribution in [0.15, 0.2) is 30.3 Å². The van der Waals surface area contributed by atoms with Crippen LogP contribution in [-0.4, -0.2) is 37.1 Å². The fourth-order valence-electron chi connectivity index (χ4n) is 2.24. The summed E-state index contributed by atoms with van der Waals surface area (Å²) < 4.78 is 5.34. The van der Waals surface area contributed by atoms with Gasteiger partial charge in [0, 0.05) is 26.6 Å². The van der Waals surface area contributed by atoms with Crippen LogP contribution in [0.25, 0.3) is 0 Å². The molecule has 0 saturated carbocycles. The molecule has 1 aliphatic heterocycles. The van der Waals surface area contributed by atoms with E-state index in [4.69, 9.17) is 4.74 Å². The molecule has 0 spiro atoms. The number of carbonyl (C=O) groups is 1. The van der Waals surface area contributed by atoms with Crippen LogP contribution in [0.4, 0.5) is 0 Å². The lowest BCUT2D eigenvalue weighted by Crippen LogP contribution is -2.39. The Kier molecular flexibility index (Phi) is 4.15. The molecule has 1 saturated heterocycles. The number of hydrogen-bond donors (Lipinski definition) is 0. The number of likely N-dealkylation sites (tertiary alicyclic amines) is 1. The van der Waals surface area contributed by atoms with E-state index in [0.717, 1.165) is 31.5 Å². The summed E-state index contributed by atoms with van der Waals surface area (Å²) >= 11 is 0. The summed E-state index contributed by atoms with van der Waals surface area (Å²) in [5.41, 5.74) is 1.15. The van der Waals surface area contributed by atoms with Gasteiger partial charge in [0.25, 0.3) is 5.91 Å². The average Bonchev–Trinajstić information content (AvgIpc) is 2.90. The van der Waals surface area contributed by atoms with Crippen LogP contribution >= 0.6 is 0 Å². The molecule has 17 heavy (non-hydrogen) atoms. The van der Waals surface area contributed by atoms with Gasteiger partial charge in [-0.2, -0.15) is 0 Å². The Morgan fingerprint density at radius 3 is 2.53 bits per heavy atom. The van der Waals surface area contributed by atoms with Gasteiger partial charge in [0.2, 0.25) is 0 Å². The smallest absolute Gasteiger partial charge is 0.252 e. The molecule has 1 aromatic carbocycles. The van der Waals surface area contributed by atoms with Gasteiger partial charge >= 0.3 is 0 Å². The van der Waals surface area contributed by atoms with Gasteiger partial charge in [0.1, 0.15) is 6.10 Å². The average molecular weight is 233 g/mol. The van der Waals surface area contributed by atoms with Gasteiger partial charge in [0.05, 0.1) is 0 Å². The molecule has 0 aromatic heterocycles. The van der Waals surface area contributed by atoms with Gasteiger partial charge in [-0.25, -0.2) is 0 Å². The number of ether oxygens (including phenoxy) is 1. The summed E-state index contributed by atoms with van der Waals surface area (Å²) in [5.74, 6) is 0.133. The molecule has 3 nitrogen and oxygen atoms in total. The predicted octanol–water partition coefficient (Wildman–Crippen LogP) is 1.87. The summed E-state index contributed by atoms with van der Waals surface area (Å²) in [6, 6.07) is 10.0. The van der Waals surface area contributed by atoms with Gasteiger partial charge in [-0.1, -0.05) is 30.3 Å². The van der Waals surface area contributed by atoms with E-state index in [1.54, 1.807) is 7.11 Å². The van der Waals surface area contributed by atoms with E-state index in [9.17, 15) is 4.79 Å². The molecular formula is C14H19NO2. The van der Waals surface area contributed by atoms with Crippen LogP contribution in [0.2, 0.25) is 0 Å². The Morgan fingerprint density at radius 1 is 1.29 bits per heavy atom. The van der Waals surface area contributed by atoms with Crippen molar-refractivity contribution in [2.45, 2.75) is 25.4 Å². The monoisotopic (exact) mass is 233 g/mol. The summed E-state index contributed by atoms with van der Waals surface area (Å²) in [6.45, 7) is 1.76. The van der Waals surface area contributed by atoms with Crippen molar-refractivity contribution in [3.8, 4) is 0 Å². The largest absolute Gasteiger partial charge is 0.371 e. The van der Waals surface area contributed by atoms with Crippen LogP contribution in [0.3, 0.4) is 0 Å². The molecule has 0 radical (unpaired) electrons. The van der Waals surface area contributed by atoms with Crippen LogP contribution < -0.4 is 0 Å². The number of nitrogens with zero attached hydrogens (tertiary/aromatic N) is 1. The molecule has 1 heterocycles. The Bertz CT molecular complexity index is 358. The second kappa shape index (κ2) is 5.82. The lowest BCUT2D eigenvalue weighted by atomic mass is 10.1. The van der Waals surface area contributed by atoms with E-state index in [1.807, 2.05) is 35.2 Å². The molecule has 0 N–H and O–H groups in total. The Morgan fingerprint density at radius 2 is 1.94 bits per heavy atom. The maximum atomic E-state index is 12.2. The van der Waals surface area contributed by atoms with Crippen molar-refractivity contribution in [2.24, 2.45) is 0 Å². The molecule has 1 unspecified atom stereocenters. The van der Waals surface area contributed by atoms with E-state index in [1.165, 1.54) is 0 Å². The number of amides is 1. The molecule has 0 bridgehead atoms. The fraction of sp³-hybridized carbons (Fsp3) is 0.500. The molecule has 2 rings (SSSR count). The van der Waals surface area contributed by atoms with Crippen molar-refractivity contribution in [3.05, 3.63) is 35.9 Å². The lowest BCUT2D eigenvalue weighted by molar-refractivity contribution is -0.140. The molecule has 0 aliphatic carbocycles. The van der Waals surface area contributed by atoms with E-state index in [2.05, 4.69) is 0 Å². The summed E-state index contributed by atoms with van der Waals surface area (Å²) in [5, 5.41) is 0. The number of carbonyl (C=O) groups excluding carboxylic acids is 1. The minimum Gasteiger partial charge on any atom is -0.371 e. The van der Waals surface area contributed by atoms with Crippen LogP contribution in [0.1, 0.15) is 18.4 Å². The Balaban J connectivity index is 1.98. The highest BCUT2D eigenvalue weighted by molar-refractivity contribution is 5.81. The van der Waals surface area contributed by atoms with Gasteiger partial charge in [-0.3, -0.25) is 4.79 Å². The highest BCUT2D eigenvalue weighted by atomic mass is 16.5. The van der Waals surface area contributed by atoms with E-state index < -0.39 is 0 Å². The molecular weight excluding hydrogens is 214 g/mol. The first kappa shape index (κ1) is 12.1. The standard InChI is InChI=1S/C14H19NO2/c1-17-13(11-12-7-3-2-4-8-12)14(16)15-9-5-6-10-15/h2-4,7-8,13H,5-6,9-11H2,1H3. The molecule has 1 aliphatic rings. The predicted molar refractivity (Wildman–Crippen MR) is 66.8 cm³/mol. The highest BCUT2D eigenvalue weighted by Crippen LogP contribution is 2.13. The second-order valence-electron chi connectivity index (χ2n) is 4.45. The van der Waals surface area contributed by atoms with Crippen LogP contribution in [0, 0.1) is 0 Å². The normalized spacial score (nSPS) is 17.1. The van der Waals surface area contributed by atoms with Crippen LogP contribution in [-0.2, 0) is 16.0 Å². The highest BCUT2D eigenvalue weighted by Gasteiger charge is 2.26. The first-order valence-corrected chi connectivity index (χ1v) is 6.17. The molecule has 1 fully saturated rings. The van der Waals surface area contributed by atoms with Gasteiger partial charge in [-0.05, 0) is 18.4 Å². The maximum Gasteiger partial charge on any atom is 0.252 e. The van der Waals surface area contributed by atoms with Crippen molar-refractivity contribution < 1.29 is 9.53 Å². The fourth-order valence-corrected chi connectivity index (χ4v) is 2.24. The van der Waals surface area contributed by atoms with Crippen molar-refractivity contribution in [3.63, 3.8) is 0 Å². The third kappa shape index (κ3) is 3.07. The summed E-state index contributed by atoms with van der Waals surface area (Å²) in [6.07, 6.45) is 2.56. The second-order valence-corrected chi connectivity index (χ2v) is 4.45. The van der Waals surface area contributed by atoms with Crippen molar-refractivity contribution >= 4 is 5.91 Å². The molecule has 1 atom stereocenters.